The summed E-state index contributed by atoms with van der Waals surface area (Å²) in [4.78, 5) is 10.7. The van der Waals surface area contributed by atoms with Crippen LogP contribution in [0.3, 0.4) is 0 Å². The van der Waals surface area contributed by atoms with Crippen LogP contribution in [0.4, 0.5) is 0 Å². The molecule has 0 spiro atoms. The average molecular weight is 241 g/mol. The molecule has 0 aliphatic carbocycles. The number of para-hydroxylation sites is 1. The second kappa shape index (κ2) is 4.23. The first-order valence-corrected chi connectivity index (χ1v) is 5.76. The maximum atomic E-state index is 10.7. The minimum Gasteiger partial charge on any atom is -0.504 e. The molecule has 86 valence electrons. The first-order chi connectivity index (χ1) is 7.59. The normalized spacial score (nSPS) is 24.5. The minimum absolute atomic E-state index is 0.196. The Labute approximate surface area is 96.1 Å². The number of phenols is 2. The molecule has 0 aromatic heterocycles. The van der Waals surface area contributed by atoms with E-state index in [0.29, 0.717) is 11.3 Å². The summed E-state index contributed by atoms with van der Waals surface area (Å²) in [6.07, 6.45) is 0. The van der Waals surface area contributed by atoms with Crippen molar-refractivity contribution < 1.29 is 20.1 Å². The van der Waals surface area contributed by atoms with Crippen molar-refractivity contribution in [3.05, 3.63) is 23.8 Å². The molecule has 2 atom stereocenters. The summed E-state index contributed by atoms with van der Waals surface area (Å²) >= 11 is 1.39. The van der Waals surface area contributed by atoms with E-state index in [9.17, 15) is 15.0 Å². The van der Waals surface area contributed by atoms with Crippen molar-refractivity contribution >= 4 is 17.7 Å². The Morgan fingerprint density at radius 1 is 1.44 bits per heavy atom. The predicted octanol–water partition coefficient (Wildman–Crippen LogP) is 0.886. The quantitative estimate of drug-likeness (QED) is 0.575. The molecule has 0 saturated carbocycles. The number of carbonyl (C=O) groups is 1. The Kier molecular flexibility index (Phi) is 2.93. The number of aromatic hydroxyl groups is 2. The summed E-state index contributed by atoms with van der Waals surface area (Å²) in [7, 11) is 0. The number of hydrogen-bond donors (Lipinski definition) is 4. The summed E-state index contributed by atoms with van der Waals surface area (Å²) in [6, 6.07) is 4.04. The molecule has 4 N–H and O–H groups in total. The number of carboxylic acid groups (broad SMARTS) is 1. The Hall–Kier alpha value is -1.40. The van der Waals surface area contributed by atoms with Crippen molar-refractivity contribution in [2.24, 2.45) is 0 Å². The molecule has 1 aliphatic heterocycles. The fourth-order valence-electron chi connectivity index (χ4n) is 1.55. The molecule has 2 rings (SSSR count). The largest absolute Gasteiger partial charge is 0.504 e. The number of rotatable bonds is 2. The molecule has 0 unspecified atom stereocenters. The molecule has 0 radical (unpaired) electrons. The van der Waals surface area contributed by atoms with Crippen molar-refractivity contribution in [3.8, 4) is 11.5 Å². The number of carboxylic acids is 1. The van der Waals surface area contributed by atoms with Crippen molar-refractivity contribution in [2.45, 2.75) is 11.4 Å². The molecule has 1 aliphatic rings. The van der Waals surface area contributed by atoms with Crippen molar-refractivity contribution in [1.29, 1.82) is 0 Å². The lowest BCUT2D eigenvalue weighted by Gasteiger charge is -2.13. The minimum atomic E-state index is -0.908. The van der Waals surface area contributed by atoms with Crippen LogP contribution < -0.4 is 5.32 Å². The lowest BCUT2D eigenvalue weighted by molar-refractivity contribution is -0.138. The second-order valence-electron chi connectivity index (χ2n) is 3.49. The van der Waals surface area contributed by atoms with Crippen LogP contribution in [0.25, 0.3) is 0 Å². The zero-order valence-electron chi connectivity index (χ0n) is 8.25. The molecule has 5 nitrogen and oxygen atoms in total. The first-order valence-electron chi connectivity index (χ1n) is 4.71. The Bertz CT molecular complexity index is 423. The van der Waals surface area contributed by atoms with Crippen molar-refractivity contribution in [2.75, 3.05) is 5.75 Å². The van der Waals surface area contributed by atoms with Crippen LogP contribution in [0.5, 0.6) is 11.5 Å². The lowest BCUT2D eigenvalue weighted by Crippen LogP contribution is -2.33. The van der Waals surface area contributed by atoms with Gasteiger partial charge >= 0.3 is 5.97 Å². The predicted molar refractivity (Wildman–Crippen MR) is 59.5 cm³/mol. The zero-order chi connectivity index (χ0) is 11.7. The smallest absolute Gasteiger partial charge is 0.321 e. The van der Waals surface area contributed by atoms with E-state index < -0.39 is 12.0 Å². The molecule has 1 heterocycles. The van der Waals surface area contributed by atoms with Crippen LogP contribution in [0, 0.1) is 0 Å². The summed E-state index contributed by atoms with van der Waals surface area (Å²) in [5.74, 6) is -0.860. The maximum Gasteiger partial charge on any atom is 0.321 e. The number of hydrogen-bond acceptors (Lipinski definition) is 5. The van der Waals surface area contributed by atoms with E-state index in [1.54, 1.807) is 12.1 Å². The third kappa shape index (κ3) is 1.94. The summed E-state index contributed by atoms with van der Waals surface area (Å²) < 4.78 is 0. The summed E-state index contributed by atoms with van der Waals surface area (Å²) in [5.41, 5.74) is 0.508. The second-order valence-corrected chi connectivity index (χ2v) is 4.62. The standard InChI is InChI=1S/C10H11NO4S/c12-7-3-1-2-5(8(7)13)9-11-6(4-16-9)10(14)15/h1-3,6,9,11-13H,4H2,(H,14,15)/t6-,9+/m0/s1. The highest BCUT2D eigenvalue weighted by Gasteiger charge is 2.31. The van der Waals surface area contributed by atoms with Gasteiger partial charge in [-0.3, -0.25) is 10.1 Å². The Morgan fingerprint density at radius 3 is 2.81 bits per heavy atom. The molecule has 1 fully saturated rings. The van der Waals surface area contributed by atoms with E-state index in [4.69, 9.17) is 5.11 Å². The van der Waals surface area contributed by atoms with Crippen molar-refractivity contribution in [1.82, 2.24) is 5.32 Å². The van der Waals surface area contributed by atoms with Gasteiger partial charge in [-0.15, -0.1) is 11.8 Å². The van der Waals surface area contributed by atoms with E-state index in [1.807, 2.05) is 0 Å². The number of phenolic OH excluding ortho intramolecular Hbond substituents is 2. The lowest BCUT2D eigenvalue weighted by atomic mass is 10.1. The monoisotopic (exact) mass is 241 g/mol. The van der Waals surface area contributed by atoms with Crippen LogP contribution in [0.2, 0.25) is 0 Å². The average Bonchev–Trinajstić information content (AvgIpc) is 2.71. The van der Waals surface area contributed by atoms with E-state index in [0.717, 1.165) is 0 Å². The van der Waals surface area contributed by atoms with Crippen LogP contribution in [0.1, 0.15) is 10.9 Å². The molecule has 0 amide bonds. The van der Waals surface area contributed by atoms with Gasteiger partial charge in [-0.2, -0.15) is 0 Å². The van der Waals surface area contributed by atoms with E-state index in [1.165, 1.54) is 17.8 Å². The van der Waals surface area contributed by atoms with Gasteiger partial charge in [-0.05, 0) is 6.07 Å². The van der Waals surface area contributed by atoms with Gasteiger partial charge in [0, 0.05) is 11.3 Å². The van der Waals surface area contributed by atoms with E-state index in [-0.39, 0.29) is 16.9 Å². The SMILES string of the molecule is O=C(O)[C@@H]1CS[C@H](c2cccc(O)c2O)N1. The fourth-order valence-corrected chi connectivity index (χ4v) is 2.81. The van der Waals surface area contributed by atoms with Gasteiger partial charge in [-0.25, -0.2) is 0 Å². The topological polar surface area (TPSA) is 89.8 Å². The van der Waals surface area contributed by atoms with Gasteiger partial charge in [0.15, 0.2) is 11.5 Å². The van der Waals surface area contributed by atoms with Crippen molar-refractivity contribution in [3.63, 3.8) is 0 Å². The number of thioether (sulfide) groups is 1. The van der Waals surface area contributed by atoms with Crippen LogP contribution in [-0.4, -0.2) is 33.1 Å². The molecule has 1 saturated heterocycles. The summed E-state index contributed by atoms with van der Waals surface area (Å²) in [5, 5.41) is 30.3. The Balaban J connectivity index is 2.21. The van der Waals surface area contributed by atoms with Gasteiger partial charge < -0.3 is 15.3 Å². The van der Waals surface area contributed by atoms with Gasteiger partial charge in [0.25, 0.3) is 0 Å². The molecule has 0 bridgehead atoms. The van der Waals surface area contributed by atoms with Crippen LogP contribution in [0.15, 0.2) is 18.2 Å². The third-order valence-corrected chi connectivity index (χ3v) is 3.66. The van der Waals surface area contributed by atoms with Gasteiger partial charge in [0.2, 0.25) is 0 Å². The van der Waals surface area contributed by atoms with E-state index in [2.05, 4.69) is 5.32 Å². The zero-order valence-corrected chi connectivity index (χ0v) is 9.07. The molecule has 6 heteroatoms. The van der Waals surface area contributed by atoms with Gasteiger partial charge in [-0.1, -0.05) is 12.1 Å². The Morgan fingerprint density at radius 2 is 2.19 bits per heavy atom. The first kappa shape index (κ1) is 11.1. The van der Waals surface area contributed by atoms with Gasteiger partial charge in [0.05, 0.1) is 5.37 Å². The number of nitrogens with one attached hydrogen (secondary N) is 1. The third-order valence-electron chi connectivity index (χ3n) is 2.41. The molecular formula is C10H11NO4S. The highest BCUT2D eigenvalue weighted by atomic mass is 32.2. The molecular weight excluding hydrogens is 230 g/mol. The highest BCUT2D eigenvalue weighted by Crippen LogP contribution is 2.40. The molecule has 1 aromatic rings. The number of aliphatic carboxylic acids is 1. The maximum absolute atomic E-state index is 10.7. The molecule has 16 heavy (non-hydrogen) atoms. The highest BCUT2D eigenvalue weighted by molar-refractivity contribution is 7.99. The fraction of sp³-hybridized carbons (Fsp3) is 0.300. The van der Waals surface area contributed by atoms with Gasteiger partial charge in [0.1, 0.15) is 6.04 Å². The number of benzene rings is 1. The summed E-state index contributed by atoms with van der Waals surface area (Å²) in [6.45, 7) is 0. The van der Waals surface area contributed by atoms with Crippen LogP contribution in [-0.2, 0) is 4.79 Å². The van der Waals surface area contributed by atoms with Crippen LogP contribution >= 0.6 is 11.8 Å². The molecule has 1 aromatic carbocycles. The van der Waals surface area contributed by atoms with E-state index >= 15 is 0 Å².